The second-order valence-electron chi connectivity index (χ2n) is 9.25. The van der Waals surface area contributed by atoms with Gasteiger partial charge in [-0.05, 0) is 67.1 Å². The van der Waals surface area contributed by atoms with Crippen molar-refractivity contribution in [3.8, 4) is 5.75 Å². The molecule has 5 rings (SSSR count). The van der Waals surface area contributed by atoms with Crippen LogP contribution in [0.4, 0.5) is 5.82 Å². The predicted octanol–water partition coefficient (Wildman–Crippen LogP) is 4.79. The number of aryl methyl sites for hydroxylation is 1. The van der Waals surface area contributed by atoms with Crippen LogP contribution >= 0.6 is 0 Å². The summed E-state index contributed by atoms with van der Waals surface area (Å²) in [6, 6.07) is 15.3. The summed E-state index contributed by atoms with van der Waals surface area (Å²) in [5.41, 5.74) is 5.62. The van der Waals surface area contributed by atoms with Gasteiger partial charge in [-0.3, -0.25) is 14.6 Å². The highest BCUT2D eigenvalue weighted by molar-refractivity contribution is 6.09. The van der Waals surface area contributed by atoms with E-state index in [1.165, 1.54) is 0 Å². The smallest absolute Gasteiger partial charge is 0.255 e. The van der Waals surface area contributed by atoms with Crippen LogP contribution in [0.15, 0.2) is 89.7 Å². The first-order valence-electron chi connectivity index (χ1n) is 12.0. The van der Waals surface area contributed by atoms with Crippen molar-refractivity contribution in [3.05, 3.63) is 106 Å². The minimum absolute atomic E-state index is 0.0321. The number of hydrogen-bond donors (Lipinski definition) is 2. The fourth-order valence-electron chi connectivity index (χ4n) is 5.06. The number of methoxy groups -OCH3 is 1. The van der Waals surface area contributed by atoms with Gasteiger partial charge in [0.15, 0.2) is 5.78 Å². The average Bonchev–Trinajstić information content (AvgIpc) is 2.89. The average molecular weight is 481 g/mol. The number of anilines is 1. The zero-order valence-corrected chi connectivity index (χ0v) is 20.5. The zero-order chi connectivity index (χ0) is 25.2. The summed E-state index contributed by atoms with van der Waals surface area (Å²) in [5, 5.41) is 6.32. The molecular weight excluding hydrogens is 452 g/mol. The van der Waals surface area contributed by atoms with Gasteiger partial charge in [0.05, 0.1) is 7.11 Å². The van der Waals surface area contributed by atoms with Crippen LogP contribution in [0.25, 0.3) is 0 Å². The minimum atomic E-state index is -0.510. The van der Waals surface area contributed by atoms with E-state index in [1.54, 1.807) is 31.8 Å². The molecule has 0 spiro atoms. The third-order valence-corrected chi connectivity index (χ3v) is 6.83. The molecule has 182 valence electrons. The van der Waals surface area contributed by atoms with Gasteiger partial charge in [0, 0.05) is 53.5 Å². The number of carbonyl (C=O) groups is 2. The van der Waals surface area contributed by atoms with Gasteiger partial charge in [0.25, 0.3) is 5.91 Å². The van der Waals surface area contributed by atoms with Crippen molar-refractivity contribution in [1.29, 1.82) is 0 Å². The lowest BCUT2D eigenvalue weighted by Crippen LogP contribution is -2.37. The van der Waals surface area contributed by atoms with Crippen LogP contribution in [-0.4, -0.2) is 28.8 Å². The van der Waals surface area contributed by atoms with Crippen molar-refractivity contribution in [2.75, 3.05) is 12.4 Å². The highest BCUT2D eigenvalue weighted by atomic mass is 16.5. The van der Waals surface area contributed by atoms with E-state index in [-0.39, 0.29) is 17.6 Å². The Labute approximate surface area is 210 Å². The number of amides is 1. The van der Waals surface area contributed by atoms with Gasteiger partial charge >= 0.3 is 0 Å². The van der Waals surface area contributed by atoms with Crippen molar-refractivity contribution < 1.29 is 14.3 Å². The SMILES string of the molecule is COc1ccc([C@@H]2CC(=O)C3=C(C2)NC(C)=C(C(=O)Nc2ccc(C)cn2)[C@H]3c2cccnc2)cc1. The second kappa shape index (κ2) is 9.77. The molecule has 0 fully saturated rings. The number of aromatic nitrogens is 2. The summed E-state index contributed by atoms with van der Waals surface area (Å²) < 4.78 is 5.28. The maximum Gasteiger partial charge on any atom is 0.255 e. The van der Waals surface area contributed by atoms with Crippen molar-refractivity contribution >= 4 is 17.5 Å². The summed E-state index contributed by atoms with van der Waals surface area (Å²) in [4.78, 5) is 35.8. The number of ether oxygens (including phenoxy) is 1. The van der Waals surface area contributed by atoms with E-state index < -0.39 is 5.92 Å². The fourth-order valence-corrected chi connectivity index (χ4v) is 5.06. The van der Waals surface area contributed by atoms with Crippen LogP contribution in [0, 0.1) is 6.92 Å². The van der Waals surface area contributed by atoms with Gasteiger partial charge in [-0.2, -0.15) is 0 Å². The van der Waals surface area contributed by atoms with Gasteiger partial charge in [0.1, 0.15) is 11.6 Å². The lowest BCUT2D eigenvalue weighted by molar-refractivity contribution is -0.116. The van der Waals surface area contributed by atoms with E-state index in [1.807, 2.05) is 56.3 Å². The normalized spacial score (nSPS) is 19.5. The maximum absolute atomic E-state index is 13.7. The summed E-state index contributed by atoms with van der Waals surface area (Å²) >= 11 is 0. The fraction of sp³-hybridized carbons (Fsp3) is 0.241. The molecule has 2 aromatic heterocycles. The number of allylic oxidation sites excluding steroid dienone is 3. The van der Waals surface area contributed by atoms with Crippen molar-refractivity contribution in [1.82, 2.24) is 15.3 Å². The Balaban J connectivity index is 1.51. The molecule has 1 aliphatic carbocycles. The van der Waals surface area contributed by atoms with Gasteiger partial charge in [-0.25, -0.2) is 4.98 Å². The third-order valence-electron chi connectivity index (χ3n) is 6.83. The predicted molar refractivity (Wildman–Crippen MR) is 137 cm³/mol. The number of dihydropyridines is 1. The molecule has 1 aromatic carbocycles. The number of hydrogen-bond acceptors (Lipinski definition) is 6. The molecule has 36 heavy (non-hydrogen) atoms. The molecule has 1 amide bonds. The van der Waals surface area contributed by atoms with Crippen LogP contribution in [-0.2, 0) is 9.59 Å². The van der Waals surface area contributed by atoms with E-state index in [9.17, 15) is 9.59 Å². The summed E-state index contributed by atoms with van der Waals surface area (Å²) in [5.74, 6) is 0.524. The first kappa shape index (κ1) is 23.5. The first-order chi connectivity index (χ1) is 17.4. The standard InChI is InChI=1S/C29H28N4O3/c1-17-6-11-25(31-15-17)33-29(35)26-18(2)32-23-13-21(19-7-9-22(36-3)10-8-19)14-24(34)28(23)27(26)20-5-4-12-30-16-20/h4-12,15-16,21,27,32H,13-14H2,1-3H3,(H,31,33,35)/t21-,27+/m0/s1. The monoisotopic (exact) mass is 480 g/mol. The minimum Gasteiger partial charge on any atom is -0.497 e. The van der Waals surface area contributed by atoms with Gasteiger partial charge in [-0.1, -0.05) is 24.3 Å². The maximum atomic E-state index is 13.7. The topological polar surface area (TPSA) is 93.2 Å². The molecule has 0 bridgehead atoms. The lowest BCUT2D eigenvalue weighted by atomic mass is 9.72. The molecule has 7 nitrogen and oxygen atoms in total. The Hall–Kier alpha value is -4.26. The largest absolute Gasteiger partial charge is 0.497 e. The Morgan fingerprint density at radius 1 is 1.03 bits per heavy atom. The summed E-state index contributed by atoms with van der Waals surface area (Å²) in [6.45, 7) is 3.82. The van der Waals surface area contributed by atoms with Crippen LogP contribution in [0.2, 0.25) is 0 Å². The number of nitrogens with zero attached hydrogens (tertiary/aromatic N) is 2. The van der Waals surface area contributed by atoms with Crippen molar-refractivity contribution in [3.63, 3.8) is 0 Å². The number of nitrogens with one attached hydrogen (secondary N) is 2. The second-order valence-corrected chi connectivity index (χ2v) is 9.25. The lowest BCUT2D eigenvalue weighted by Gasteiger charge is -2.37. The van der Waals surface area contributed by atoms with Gasteiger partial charge in [0.2, 0.25) is 0 Å². The quantitative estimate of drug-likeness (QED) is 0.545. The number of benzene rings is 1. The van der Waals surface area contributed by atoms with Crippen LogP contribution in [0.3, 0.4) is 0 Å². The molecule has 2 aliphatic rings. The van der Waals surface area contributed by atoms with Gasteiger partial charge in [-0.15, -0.1) is 0 Å². The molecule has 0 saturated heterocycles. The van der Waals surface area contributed by atoms with Crippen LogP contribution < -0.4 is 15.4 Å². The highest BCUT2D eigenvalue weighted by Crippen LogP contribution is 2.45. The Bertz CT molecular complexity index is 1360. The summed E-state index contributed by atoms with van der Waals surface area (Å²) in [7, 11) is 1.64. The molecule has 7 heteroatoms. The first-order valence-corrected chi connectivity index (χ1v) is 12.0. The molecule has 0 radical (unpaired) electrons. The Morgan fingerprint density at radius 2 is 1.83 bits per heavy atom. The van der Waals surface area contributed by atoms with Crippen molar-refractivity contribution in [2.24, 2.45) is 0 Å². The zero-order valence-electron chi connectivity index (χ0n) is 20.5. The molecular formula is C29H28N4O3. The molecule has 2 N–H and O–H groups in total. The third kappa shape index (κ3) is 4.52. The van der Waals surface area contributed by atoms with E-state index in [4.69, 9.17) is 4.74 Å². The molecule has 0 unspecified atom stereocenters. The number of Topliss-reactive ketones (excluding diaryl/α,β-unsaturated/α-hetero) is 1. The molecule has 3 heterocycles. The number of rotatable bonds is 5. The highest BCUT2D eigenvalue weighted by Gasteiger charge is 2.41. The molecule has 1 aliphatic heterocycles. The van der Waals surface area contributed by atoms with E-state index >= 15 is 0 Å². The van der Waals surface area contributed by atoms with Crippen LogP contribution in [0.5, 0.6) is 5.75 Å². The Kier molecular flexibility index (Phi) is 6.38. The van der Waals surface area contributed by atoms with E-state index in [2.05, 4.69) is 20.6 Å². The van der Waals surface area contributed by atoms with Crippen LogP contribution in [0.1, 0.15) is 48.3 Å². The van der Waals surface area contributed by atoms with E-state index in [0.717, 1.165) is 33.8 Å². The molecule has 3 aromatic rings. The summed E-state index contributed by atoms with van der Waals surface area (Å²) in [6.07, 6.45) is 6.18. The van der Waals surface area contributed by atoms with E-state index in [0.29, 0.717) is 29.8 Å². The van der Waals surface area contributed by atoms with Crippen molar-refractivity contribution in [2.45, 2.75) is 38.5 Å². The number of ketones is 1. The molecule has 2 atom stereocenters. The van der Waals surface area contributed by atoms with Gasteiger partial charge < -0.3 is 15.4 Å². The number of carbonyl (C=O) groups excluding carboxylic acids is 2. The number of pyridine rings is 2. The Morgan fingerprint density at radius 3 is 2.50 bits per heavy atom. The molecule has 0 saturated carbocycles.